The minimum absolute atomic E-state index is 0.119. The van der Waals surface area contributed by atoms with E-state index in [1.807, 2.05) is 65.5 Å². The third kappa shape index (κ3) is 4.34. The Morgan fingerprint density at radius 1 is 1.03 bits per heavy atom. The Labute approximate surface area is 187 Å². The molecule has 0 spiro atoms. The van der Waals surface area contributed by atoms with E-state index in [1.165, 1.54) is 0 Å². The molecule has 2 heterocycles. The summed E-state index contributed by atoms with van der Waals surface area (Å²) < 4.78 is 0. The number of hydrazine groups is 1. The number of amides is 1. The second-order valence-electron chi connectivity index (χ2n) is 8.18. The van der Waals surface area contributed by atoms with Crippen molar-refractivity contribution in [2.24, 2.45) is 16.9 Å². The summed E-state index contributed by atoms with van der Waals surface area (Å²) in [4.78, 5) is 13.1. The number of hydrogen-bond acceptors (Lipinski definition) is 4. The lowest BCUT2D eigenvalue weighted by atomic mass is 9.91. The molecule has 2 aliphatic heterocycles. The number of carbonyl (C=O) groups is 1. The standard InChI is InChI=1S/C23H26Cl2N4O/c1-15-11-13-28(14-12-15)27-23(30)21-16(2)22(17-7-9-18(24)10-8-17)29(26-21)20-6-4-3-5-19(20)25/h3-10,15-16,22H,11-14H2,1-2H3,(H,27,30)/t16-,22+/m1/s1. The van der Waals surface area contributed by atoms with Crippen molar-refractivity contribution in [1.82, 2.24) is 10.4 Å². The Balaban J connectivity index is 1.63. The summed E-state index contributed by atoms with van der Waals surface area (Å²) in [5, 5.41) is 9.90. The van der Waals surface area contributed by atoms with Gasteiger partial charge in [0.1, 0.15) is 5.71 Å². The smallest absolute Gasteiger partial charge is 0.282 e. The molecule has 0 bridgehead atoms. The fourth-order valence-corrected chi connectivity index (χ4v) is 4.48. The van der Waals surface area contributed by atoms with Gasteiger partial charge in [0.25, 0.3) is 5.91 Å². The maximum atomic E-state index is 13.1. The summed E-state index contributed by atoms with van der Waals surface area (Å²) in [5.41, 5.74) is 5.38. The van der Waals surface area contributed by atoms with Crippen LogP contribution in [-0.4, -0.2) is 29.7 Å². The minimum atomic E-state index is -0.149. The van der Waals surface area contributed by atoms with Crippen LogP contribution in [0.25, 0.3) is 0 Å². The SMILES string of the molecule is CC1CCN(NC(=O)C2=NN(c3ccccc3Cl)[C@H](c3ccc(Cl)cc3)[C@@H]2C)CC1. The summed E-state index contributed by atoms with van der Waals surface area (Å²) >= 11 is 12.6. The van der Waals surface area contributed by atoms with Crippen LogP contribution in [0.4, 0.5) is 5.69 Å². The fourth-order valence-electron chi connectivity index (χ4n) is 4.14. The second kappa shape index (κ2) is 8.96. The molecule has 0 saturated carbocycles. The molecule has 0 aromatic heterocycles. The number of nitrogens with zero attached hydrogens (tertiary/aromatic N) is 3. The topological polar surface area (TPSA) is 47.9 Å². The maximum absolute atomic E-state index is 13.1. The number of carbonyl (C=O) groups excluding carboxylic acids is 1. The molecule has 1 fully saturated rings. The molecule has 0 unspecified atom stereocenters. The highest BCUT2D eigenvalue weighted by atomic mass is 35.5. The molecule has 0 radical (unpaired) electrons. The Morgan fingerprint density at radius 3 is 2.37 bits per heavy atom. The first kappa shape index (κ1) is 21.2. The highest BCUT2D eigenvalue weighted by Crippen LogP contribution is 2.41. The van der Waals surface area contributed by atoms with Gasteiger partial charge in [0.05, 0.1) is 16.8 Å². The van der Waals surface area contributed by atoms with Gasteiger partial charge in [0.15, 0.2) is 0 Å². The highest BCUT2D eigenvalue weighted by molar-refractivity contribution is 6.40. The van der Waals surface area contributed by atoms with Crippen molar-refractivity contribution >= 4 is 40.5 Å². The van der Waals surface area contributed by atoms with Gasteiger partial charge in [0.2, 0.25) is 0 Å². The number of hydrogen-bond donors (Lipinski definition) is 1. The van der Waals surface area contributed by atoms with Crippen LogP contribution in [-0.2, 0) is 4.79 Å². The van der Waals surface area contributed by atoms with Crippen LogP contribution >= 0.6 is 23.2 Å². The summed E-state index contributed by atoms with van der Waals surface area (Å²) in [6, 6.07) is 15.1. The number of halogens is 2. The van der Waals surface area contributed by atoms with E-state index in [0.717, 1.165) is 37.2 Å². The quantitative estimate of drug-likeness (QED) is 0.694. The molecule has 1 N–H and O–H groups in total. The third-order valence-electron chi connectivity index (χ3n) is 5.97. The van der Waals surface area contributed by atoms with Crippen molar-refractivity contribution in [2.45, 2.75) is 32.7 Å². The van der Waals surface area contributed by atoms with E-state index in [-0.39, 0.29) is 17.9 Å². The Kier molecular flexibility index (Phi) is 6.32. The molecule has 0 aliphatic carbocycles. The van der Waals surface area contributed by atoms with Crippen LogP contribution in [0.3, 0.4) is 0 Å². The van der Waals surface area contributed by atoms with Gasteiger partial charge in [-0.05, 0) is 48.6 Å². The molecule has 2 aromatic rings. The van der Waals surface area contributed by atoms with Crippen LogP contribution in [0, 0.1) is 11.8 Å². The van der Waals surface area contributed by atoms with E-state index in [1.54, 1.807) is 0 Å². The highest BCUT2D eigenvalue weighted by Gasteiger charge is 2.40. The van der Waals surface area contributed by atoms with Crippen molar-refractivity contribution in [1.29, 1.82) is 0 Å². The monoisotopic (exact) mass is 444 g/mol. The Bertz CT molecular complexity index is 938. The van der Waals surface area contributed by atoms with Crippen LogP contribution in [0.5, 0.6) is 0 Å². The number of hydrazone groups is 1. The number of benzene rings is 2. The first-order chi connectivity index (χ1) is 14.4. The molecule has 30 heavy (non-hydrogen) atoms. The lowest BCUT2D eigenvalue weighted by molar-refractivity contribution is -0.120. The van der Waals surface area contributed by atoms with Gasteiger partial charge in [-0.1, -0.05) is 61.3 Å². The van der Waals surface area contributed by atoms with E-state index < -0.39 is 0 Å². The zero-order valence-electron chi connectivity index (χ0n) is 17.2. The zero-order chi connectivity index (χ0) is 21.3. The van der Waals surface area contributed by atoms with Gasteiger partial charge >= 0.3 is 0 Å². The first-order valence-corrected chi connectivity index (χ1v) is 11.1. The van der Waals surface area contributed by atoms with Gasteiger partial charge in [-0.3, -0.25) is 15.2 Å². The van der Waals surface area contributed by atoms with E-state index in [9.17, 15) is 4.79 Å². The largest absolute Gasteiger partial charge is 0.284 e. The predicted molar refractivity (Wildman–Crippen MR) is 123 cm³/mol. The van der Waals surface area contributed by atoms with E-state index in [2.05, 4.69) is 12.3 Å². The molecule has 2 aromatic carbocycles. The predicted octanol–water partition coefficient (Wildman–Crippen LogP) is 5.31. The zero-order valence-corrected chi connectivity index (χ0v) is 18.7. The summed E-state index contributed by atoms with van der Waals surface area (Å²) in [6.45, 7) is 6.01. The number of rotatable bonds is 4. The lowest BCUT2D eigenvalue weighted by Gasteiger charge is -2.30. The van der Waals surface area contributed by atoms with Crippen LogP contribution < -0.4 is 10.4 Å². The maximum Gasteiger partial charge on any atom is 0.282 e. The van der Waals surface area contributed by atoms with Crippen LogP contribution in [0.15, 0.2) is 53.6 Å². The number of para-hydroxylation sites is 1. The van der Waals surface area contributed by atoms with Gasteiger partial charge in [-0.15, -0.1) is 0 Å². The molecule has 7 heteroatoms. The second-order valence-corrected chi connectivity index (χ2v) is 9.02. The minimum Gasteiger partial charge on any atom is -0.284 e. The number of piperidine rings is 1. The van der Waals surface area contributed by atoms with Gasteiger partial charge in [-0.25, -0.2) is 5.01 Å². The summed E-state index contributed by atoms with van der Waals surface area (Å²) in [6.07, 6.45) is 2.17. The van der Waals surface area contributed by atoms with Gasteiger partial charge in [0, 0.05) is 24.0 Å². The average molecular weight is 445 g/mol. The first-order valence-electron chi connectivity index (χ1n) is 10.4. The Hall–Kier alpha value is -2.08. The van der Waals surface area contributed by atoms with Crippen molar-refractivity contribution in [2.75, 3.05) is 18.1 Å². The molecule has 2 aliphatic rings. The third-order valence-corrected chi connectivity index (χ3v) is 6.54. The Morgan fingerprint density at radius 2 is 1.70 bits per heavy atom. The average Bonchev–Trinajstić information content (AvgIpc) is 3.08. The van der Waals surface area contributed by atoms with Gasteiger partial charge < -0.3 is 0 Å². The van der Waals surface area contributed by atoms with Crippen LogP contribution in [0.2, 0.25) is 10.0 Å². The van der Waals surface area contributed by atoms with Gasteiger partial charge in [-0.2, -0.15) is 5.10 Å². The molecular formula is C23H26Cl2N4O. The van der Waals surface area contributed by atoms with Crippen molar-refractivity contribution in [3.05, 3.63) is 64.1 Å². The van der Waals surface area contributed by atoms with E-state index in [4.69, 9.17) is 28.3 Å². The van der Waals surface area contributed by atoms with E-state index in [0.29, 0.717) is 21.7 Å². The van der Waals surface area contributed by atoms with Crippen molar-refractivity contribution < 1.29 is 4.79 Å². The van der Waals surface area contributed by atoms with E-state index >= 15 is 0 Å². The number of nitrogens with one attached hydrogen (secondary N) is 1. The number of anilines is 1. The lowest BCUT2D eigenvalue weighted by Crippen LogP contribution is -2.49. The normalized spacial score (nSPS) is 22.8. The summed E-state index contributed by atoms with van der Waals surface area (Å²) in [7, 11) is 0. The molecule has 4 rings (SSSR count). The summed E-state index contributed by atoms with van der Waals surface area (Å²) in [5.74, 6) is 0.433. The van der Waals surface area contributed by atoms with Crippen molar-refractivity contribution in [3.63, 3.8) is 0 Å². The molecule has 2 atom stereocenters. The molecule has 5 nitrogen and oxygen atoms in total. The molecule has 1 saturated heterocycles. The molecular weight excluding hydrogens is 419 g/mol. The van der Waals surface area contributed by atoms with Crippen LogP contribution in [0.1, 0.15) is 38.3 Å². The molecule has 1 amide bonds. The van der Waals surface area contributed by atoms with Crippen molar-refractivity contribution in [3.8, 4) is 0 Å². The molecule has 158 valence electrons. The fraction of sp³-hybridized carbons (Fsp3) is 0.391.